The minimum absolute atomic E-state index is 0.0207. The summed E-state index contributed by atoms with van der Waals surface area (Å²) in [6, 6.07) is 6.63. The molecule has 1 atom stereocenters. The molecule has 1 saturated heterocycles. The summed E-state index contributed by atoms with van der Waals surface area (Å²) in [5.41, 5.74) is 11.8. The first kappa shape index (κ1) is 23.3. The molecular formula is C26H31N7O2. The van der Waals surface area contributed by atoms with Crippen molar-refractivity contribution in [2.75, 3.05) is 32.5 Å². The van der Waals surface area contributed by atoms with Crippen molar-refractivity contribution in [3.8, 4) is 29.0 Å². The first-order chi connectivity index (χ1) is 17.0. The SMILES string of the molecule is Cc1cc(-c2cnc(N)c(Oc3cnn(C(CC#N)C4CCOCC4)c3)n2)cc2c1CCN(C)C2. The van der Waals surface area contributed by atoms with E-state index in [0.717, 1.165) is 37.9 Å². The standard InChI is InChI=1S/C26H31N7O2/c1-17-11-19(12-20-15-32(2)8-4-22(17)20)23-14-29-25(28)26(31-23)35-21-13-30-33(16-21)24(3-7-27)18-5-9-34-10-6-18/h11-14,16,18,24H,3-6,8-10,15H2,1-2H3,(H2,28,29). The number of fused-ring (bicyclic) bond motifs is 1. The van der Waals surface area contributed by atoms with Crippen LogP contribution in [0.15, 0.2) is 30.7 Å². The smallest absolute Gasteiger partial charge is 0.263 e. The van der Waals surface area contributed by atoms with E-state index in [2.05, 4.69) is 47.2 Å². The van der Waals surface area contributed by atoms with Gasteiger partial charge in [0.1, 0.15) is 0 Å². The Kier molecular flexibility index (Phi) is 6.66. The van der Waals surface area contributed by atoms with Crippen LogP contribution in [0.1, 0.15) is 42.0 Å². The predicted octanol–water partition coefficient (Wildman–Crippen LogP) is 3.89. The van der Waals surface area contributed by atoms with Gasteiger partial charge in [0, 0.05) is 31.9 Å². The number of rotatable bonds is 6. The van der Waals surface area contributed by atoms with Crippen molar-refractivity contribution in [1.82, 2.24) is 24.6 Å². The number of aromatic nitrogens is 4. The summed E-state index contributed by atoms with van der Waals surface area (Å²) in [6.07, 6.45) is 8.41. The molecule has 0 amide bonds. The molecule has 35 heavy (non-hydrogen) atoms. The third-order valence-corrected chi connectivity index (χ3v) is 7.05. The number of benzene rings is 1. The lowest BCUT2D eigenvalue weighted by atomic mass is 9.90. The minimum atomic E-state index is -0.0207. The highest BCUT2D eigenvalue weighted by Crippen LogP contribution is 2.33. The summed E-state index contributed by atoms with van der Waals surface area (Å²) >= 11 is 0. The van der Waals surface area contributed by atoms with Gasteiger partial charge in [0.25, 0.3) is 5.88 Å². The number of ether oxygens (including phenoxy) is 2. The molecule has 1 unspecified atom stereocenters. The van der Waals surface area contributed by atoms with Crippen molar-refractivity contribution in [2.24, 2.45) is 5.92 Å². The largest absolute Gasteiger partial charge is 0.433 e. The highest BCUT2D eigenvalue weighted by atomic mass is 16.5. The van der Waals surface area contributed by atoms with Crippen molar-refractivity contribution in [2.45, 2.75) is 45.2 Å². The molecule has 0 radical (unpaired) electrons. The van der Waals surface area contributed by atoms with Crippen LogP contribution in [0.4, 0.5) is 5.82 Å². The molecule has 2 N–H and O–H groups in total. The summed E-state index contributed by atoms with van der Waals surface area (Å²) in [5.74, 6) is 1.32. The molecule has 4 heterocycles. The summed E-state index contributed by atoms with van der Waals surface area (Å²) in [7, 11) is 2.14. The van der Waals surface area contributed by atoms with E-state index >= 15 is 0 Å². The minimum Gasteiger partial charge on any atom is -0.433 e. The van der Waals surface area contributed by atoms with Crippen molar-refractivity contribution in [1.29, 1.82) is 5.26 Å². The molecule has 1 fully saturated rings. The van der Waals surface area contributed by atoms with Crippen LogP contribution < -0.4 is 10.5 Å². The fourth-order valence-electron chi connectivity index (χ4n) is 5.14. The summed E-state index contributed by atoms with van der Waals surface area (Å²) in [4.78, 5) is 11.4. The summed E-state index contributed by atoms with van der Waals surface area (Å²) < 4.78 is 13.3. The van der Waals surface area contributed by atoms with Crippen LogP contribution in [0.5, 0.6) is 11.6 Å². The topological polar surface area (TPSA) is 115 Å². The highest BCUT2D eigenvalue weighted by Gasteiger charge is 2.26. The van der Waals surface area contributed by atoms with Gasteiger partial charge >= 0.3 is 0 Å². The van der Waals surface area contributed by atoms with Gasteiger partial charge in [-0.1, -0.05) is 0 Å². The Morgan fingerprint density at radius 1 is 1.29 bits per heavy atom. The predicted molar refractivity (Wildman–Crippen MR) is 132 cm³/mol. The van der Waals surface area contributed by atoms with Gasteiger partial charge in [0.15, 0.2) is 11.6 Å². The first-order valence-corrected chi connectivity index (χ1v) is 12.1. The van der Waals surface area contributed by atoms with E-state index in [-0.39, 0.29) is 17.7 Å². The number of hydrogen-bond acceptors (Lipinski definition) is 8. The van der Waals surface area contributed by atoms with Gasteiger partial charge in [-0.25, -0.2) is 9.97 Å². The number of aryl methyl sites for hydroxylation is 1. The van der Waals surface area contributed by atoms with Crippen molar-refractivity contribution < 1.29 is 9.47 Å². The molecule has 9 nitrogen and oxygen atoms in total. The van der Waals surface area contributed by atoms with Crippen LogP contribution in [-0.4, -0.2) is 51.5 Å². The van der Waals surface area contributed by atoms with E-state index in [0.29, 0.717) is 37.0 Å². The summed E-state index contributed by atoms with van der Waals surface area (Å²) in [5, 5.41) is 13.9. The first-order valence-electron chi connectivity index (χ1n) is 12.1. The Hall–Kier alpha value is -3.48. The molecular weight excluding hydrogens is 442 g/mol. The Morgan fingerprint density at radius 2 is 2.11 bits per heavy atom. The zero-order valence-corrected chi connectivity index (χ0v) is 20.3. The molecule has 182 valence electrons. The molecule has 0 saturated carbocycles. The van der Waals surface area contributed by atoms with Gasteiger partial charge in [0.05, 0.1) is 42.8 Å². The van der Waals surface area contributed by atoms with Crippen molar-refractivity contribution in [3.05, 3.63) is 47.4 Å². The molecule has 1 aromatic carbocycles. The second-order valence-corrected chi connectivity index (χ2v) is 9.50. The number of nitrogens with zero attached hydrogens (tertiary/aromatic N) is 6. The molecule has 0 aliphatic carbocycles. The quantitative estimate of drug-likeness (QED) is 0.573. The Bertz CT molecular complexity index is 1240. The summed E-state index contributed by atoms with van der Waals surface area (Å²) in [6.45, 7) is 5.58. The lowest BCUT2D eigenvalue weighted by Crippen LogP contribution is -2.27. The van der Waals surface area contributed by atoms with E-state index < -0.39 is 0 Å². The molecule has 3 aromatic rings. The molecule has 0 bridgehead atoms. The molecule has 2 aromatic heterocycles. The average molecular weight is 474 g/mol. The lowest BCUT2D eigenvalue weighted by Gasteiger charge is -2.28. The van der Waals surface area contributed by atoms with Crippen molar-refractivity contribution >= 4 is 5.82 Å². The maximum atomic E-state index is 9.36. The zero-order valence-electron chi connectivity index (χ0n) is 20.3. The van der Waals surface area contributed by atoms with Gasteiger partial charge < -0.3 is 20.1 Å². The number of anilines is 1. The Labute approximate surface area is 205 Å². The van der Waals surface area contributed by atoms with E-state index in [1.54, 1.807) is 12.4 Å². The highest BCUT2D eigenvalue weighted by molar-refractivity contribution is 5.64. The van der Waals surface area contributed by atoms with Gasteiger partial charge in [-0.3, -0.25) is 4.68 Å². The van der Waals surface area contributed by atoms with Crippen LogP contribution in [0, 0.1) is 24.2 Å². The van der Waals surface area contributed by atoms with Crippen LogP contribution >= 0.6 is 0 Å². The Morgan fingerprint density at radius 3 is 2.91 bits per heavy atom. The van der Waals surface area contributed by atoms with Gasteiger partial charge in [-0.2, -0.15) is 10.4 Å². The molecule has 2 aliphatic rings. The number of likely N-dealkylation sites (N-methyl/N-ethyl adjacent to an activating group) is 1. The maximum absolute atomic E-state index is 9.36. The maximum Gasteiger partial charge on any atom is 0.263 e. The monoisotopic (exact) mass is 473 g/mol. The van der Waals surface area contributed by atoms with Crippen LogP contribution in [0.2, 0.25) is 0 Å². The van der Waals surface area contributed by atoms with Gasteiger partial charge in [-0.05, 0) is 68.0 Å². The van der Waals surface area contributed by atoms with Crippen LogP contribution in [0.25, 0.3) is 11.3 Å². The molecule has 5 rings (SSSR count). The second kappa shape index (κ2) is 10.0. The zero-order chi connectivity index (χ0) is 24.4. The van der Waals surface area contributed by atoms with Gasteiger partial charge in [-0.15, -0.1) is 0 Å². The average Bonchev–Trinajstić information content (AvgIpc) is 3.32. The van der Waals surface area contributed by atoms with E-state index in [9.17, 15) is 5.26 Å². The van der Waals surface area contributed by atoms with E-state index in [1.807, 2.05) is 10.9 Å². The number of nitrogens with two attached hydrogens (primary N) is 1. The van der Waals surface area contributed by atoms with Crippen molar-refractivity contribution in [3.63, 3.8) is 0 Å². The number of hydrogen-bond donors (Lipinski definition) is 1. The van der Waals surface area contributed by atoms with Crippen LogP contribution in [-0.2, 0) is 17.7 Å². The fourth-order valence-corrected chi connectivity index (χ4v) is 5.14. The molecule has 9 heteroatoms. The van der Waals surface area contributed by atoms with Crippen LogP contribution in [0.3, 0.4) is 0 Å². The molecule has 2 aliphatic heterocycles. The number of nitriles is 1. The fraction of sp³-hybridized carbons (Fsp3) is 0.462. The third kappa shape index (κ3) is 4.99. The normalized spacial score (nSPS) is 17.5. The third-order valence-electron chi connectivity index (χ3n) is 7.05. The van der Waals surface area contributed by atoms with E-state index in [1.165, 1.54) is 16.7 Å². The van der Waals surface area contributed by atoms with Gasteiger partial charge in [0.2, 0.25) is 0 Å². The lowest BCUT2D eigenvalue weighted by molar-refractivity contribution is 0.0472. The molecule has 0 spiro atoms. The number of nitrogen functional groups attached to an aromatic ring is 1. The Balaban J connectivity index is 1.39. The van der Waals surface area contributed by atoms with E-state index in [4.69, 9.17) is 20.2 Å². The second-order valence-electron chi connectivity index (χ2n) is 9.50.